The quantitative estimate of drug-likeness (QED) is 0.238. The summed E-state index contributed by atoms with van der Waals surface area (Å²) in [5.41, 5.74) is 0. The van der Waals surface area contributed by atoms with E-state index in [9.17, 15) is 9.59 Å². The lowest BCUT2D eigenvalue weighted by molar-refractivity contribution is -0.150. The van der Waals surface area contributed by atoms with E-state index in [1.807, 2.05) is 6.92 Å². The Bertz CT molecular complexity index is 328. The highest BCUT2D eigenvalue weighted by Gasteiger charge is 2.10. The molecule has 4 heteroatoms. The van der Waals surface area contributed by atoms with Crippen molar-refractivity contribution < 1.29 is 19.1 Å². The van der Waals surface area contributed by atoms with Gasteiger partial charge in [0.05, 0.1) is 12.7 Å². The van der Waals surface area contributed by atoms with Crippen molar-refractivity contribution in [2.45, 2.75) is 117 Å². The maximum Gasteiger partial charge on any atom is 0.306 e. The molecule has 0 aliphatic rings. The fourth-order valence-electron chi connectivity index (χ4n) is 2.72. The summed E-state index contributed by atoms with van der Waals surface area (Å²) in [5, 5.41) is 0. The number of hydrogen-bond acceptors (Lipinski definition) is 4. The van der Waals surface area contributed by atoms with E-state index in [1.54, 1.807) is 0 Å². The fraction of sp³-hybridized carbons (Fsp3) is 0.905. The van der Waals surface area contributed by atoms with Gasteiger partial charge in [0.25, 0.3) is 0 Å². The number of hydrogen-bond donors (Lipinski definition) is 0. The van der Waals surface area contributed by atoms with E-state index in [0.717, 1.165) is 38.5 Å². The Labute approximate surface area is 155 Å². The van der Waals surface area contributed by atoms with Crippen LogP contribution in [-0.4, -0.2) is 24.6 Å². The minimum atomic E-state index is -0.104. The van der Waals surface area contributed by atoms with Crippen molar-refractivity contribution in [2.24, 2.45) is 0 Å². The molecule has 0 aliphatic heterocycles. The van der Waals surface area contributed by atoms with Gasteiger partial charge in [0.2, 0.25) is 0 Å². The zero-order valence-electron chi connectivity index (χ0n) is 16.8. The lowest BCUT2D eigenvalue weighted by Gasteiger charge is -2.13. The maximum atomic E-state index is 11.7. The molecule has 4 nitrogen and oxygen atoms in total. The Morgan fingerprint density at radius 1 is 0.720 bits per heavy atom. The molecule has 0 aromatic heterocycles. The normalized spacial score (nSPS) is 12.0. The van der Waals surface area contributed by atoms with Crippen molar-refractivity contribution in [2.75, 3.05) is 6.61 Å². The van der Waals surface area contributed by atoms with Gasteiger partial charge in [-0.25, -0.2) is 0 Å². The van der Waals surface area contributed by atoms with Crippen molar-refractivity contribution in [1.29, 1.82) is 0 Å². The van der Waals surface area contributed by atoms with Gasteiger partial charge in [-0.2, -0.15) is 0 Å². The zero-order valence-corrected chi connectivity index (χ0v) is 16.8. The second-order valence-corrected chi connectivity index (χ2v) is 6.99. The maximum absolute atomic E-state index is 11.7. The molecule has 0 heterocycles. The van der Waals surface area contributed by atoms with E-state index in [0.29, 0.717) is 19.4 Å². The first-order chi connectivity index (χ1) is 12.1. The van der Waals surface area contributed by atoms with E-state index >= 15 is 0 Å². The van der Waals surface area contributed by atoms with Crippen LogP contribution >= 0.6 is 0 Å². The summed E-state index contributed by atoms with van der Waals surface area (Å²) in [4.78, 5) is 23.3. The van der Waals surface area contributed by atoms with Crippen LogP contribution in [0.15, 0.2) is 0 Å². The summed E-state index contributed by atoms with van der Waals surface area (Å²) < 4.78 is 10.6. The Morgan fingerprint density at radius 3 is 1.80 bits per heavy atom. The molecule has 0 aromatic carbocycles. The molecule has 0 rings (SSSR count). The summed E-state index contributed by atoms with van der Waals surface area (Å²) in [6.45, 7) is 6.69. The van der Waals surface area contributed by atoms with Gasteiger partial charge in [0, 0.05) is 12.8 Å². The molecule has 0 saturated carbocycles. The van der Waals surface area contributed by atoms with Crippen LogP contribution in [-0.2, 0) is 19.1 Å². The summed E-state index contributed by atoms with van der Waals surface area (Å²) >= 11 is 0. The van der Waals surface area contributed by atoms with Crippen LogP contribution in [0.3, 0.4) is 0 Å². The SMILES string of the molecule is CCCCCCCC(=O)OCCCC(C)OC(=O)CCCCCCC. The lowest BCUT2D eigenvalue weighted by Crippen LogP contribution is -2.16. The molecule has 1 unspecified atom stereocenters. The van der Waals surface area contributed by atoms with Crippen molar-refractivity contribution in [3.8, 4) is 0 Å². The monoisotopic (exact) mass is 356 g/mol. The number of unbranched alkanes of at least 4 members (excludes halogenated alkanes) is 8. The number of esters is 2. The third-order valence-corrected chi connectivity index (χ3v) is 4.32. The average Bonchev–Trinajstić information content (AvgIpc) is 2.58. The molecule has 0 N–H and O–H groups in total. The van der Waals surface area contributed by atoms with Crippen molar-refractivity contribution in [3.63, 3.8) is 0 Å². The highest BCUT2D eigenvalue weighted by Crippen LogP contribution is 2.09. The van der Waals surface area contributed by atoms with Crippen molar-refractivity contribution in [1.82, 2.24) is 0 Å². The summed E-state index contributed by atoms with van der Waals surface area (Å²) in [7, 11) is 0. The number of carbonyl (C=O) groups is 2. The molecule has 0 radical (unpaired) electrons. The van der Waals surface area contributed by atoms with Gasteiger partial charge in [-0.3, -0.25) is 9.59 Å². The molecule has 0 aromatic rings. The van der Waals surface area contributed by atoms with Gasteiger partial charge in [-0.05, 0) is 32.6 Å². The van der Waals surface area contributed by atoms with E-state index in [1.165, 1.54) is 38.5 Å². The van der Waals surface area contributed by atoms with Crippen LogP contribution in [0.4, 0.5) is 0 Å². The van der Waals surface area contributed by atoms with E-state index < -0.39 is 0 Å². The highest BCUT2D eigenvalue weighted by atomic mass is 16.5. The summed E-state index contributed by atoms with van der Waals surface area (Å²) in [6, 6.07) is 0. The van der Waals surface area contributed by atoms with Gasteiger partial charge < -0.3 is 9.47 Å². The van der Waals surface area contributed by atoms with Gasteiger partial charge in [0.1, 0.15) is 0 Å². The number of ether oxygens (including phenoxy) is 2. The number of rotatable bonds is 17. The van der Waals surface area contributed by atoms with E-state index in [4.69, 9.17) is 9.47 Å². The molecule has 1 atom stereocenters. The molecule has 0 bridgehead atoms. The van der Waals surface area contributed by atoms with E-state index in [-0.39, 0.29) is 18.0 Å². The van der Waals surface area contributed by atoms with Crippen LogP contribution < -0.4 is 0 Å². The first kappa shape index (κ1) is 23.9. The molecule has 25 heavy (non-hydrogen) atoms. The molecule has 0 fully saturated rings. The van der Waals surface area contributed by atoms with Crippen LogP contribution in [0.2, 0.25) is 0 Å². The minimum Gasteiger partial charge on any atom is -0.466 e. The molecule has 148 valence electrons. The topological polar surface area (TPSA) is 52.6 Å². The Kier molecular flexibility index (Phi) is 17.0. The molecule has 0 spiro atoms. The third kappa shape index (κ3) is 17.6. The molecule has 0 aliphatic carbocycles. The van der Waals surface area contributed by atoms with Crippen molar-refractivity contribution >= 4 is 11.9 Å². The van der Waals surface area contributed by atoms with Gasteiger partial charge in [-0.15, -0.1) is 0 Å². The van der Waals surface area contributed by atoms with Crippen LogP contribution in [0.25, 0.3) is 0 Å². The third-order valence-electron chi connectivity index (χ3n) is 4.32. The first-order valence-corrected chi connectivity index (χ1v) is 10.4. The van der Waals surface area contributed by atoms with E-state index in [2.05, 4.69) is 13.8 Å². The zero-order chi connectivity index (χ0) is 18.8. The second-order valence-electron chi connectivity index (χ2n) is 6.99. The molecule has 0 amide bonds. The molecular formula is C21H40O4. The lowest BCUT2D eigenvalue weighted by atomic mass is 10.1. The van der Waals surface area contributed by atoms with Crippen molar-refractivity contribution in [3.05, 3.63) is 0 Å². The Morgan fingerprint density at radius 2 is 1.24 bits per heavy atom. The molecular weight excluding hydrogens is 316 g/mol. The van der Waals surface area contributed by atoms with Gasteiger partial charge in [0.15, 0.2) is 0 Å². The summed E-state index contributed by atoms with van der Waals surface area (Å²) in [6.07, 6.45) is 13.8. The second kappa shape index (κ2) is 17.8. The van der Waals surface area contributed by atoms with Gasteiger partial charge >= 0.3 is 11.9 Å². The summed E-state index contributed by atoms with van der Waals surface area (Å²) in [5.74, 6) is -0.207. The van der Waals surface area contributed by atoms with Crippen LogP contribution in [0.5, 0.6) is 0 Å². The standard InChI is InChI=1S/C21H40O4/c1-4-6-8-10-12-16-20(22)24-18-14-15-19(3)25-21(23)17-13-11-9-7-5-2/h19H,4-18H2,1-3H3. The molecule has 0 saturated heterocycles. The van der Waals surface area contributed by atoms with Crippen LogP contribution in [0.1, 0.15) is 111 Å². The largest absolute Gasteiger partial charge is 0.466 e. The predicted molar refractivity (Wildman–Crippen MR) is 102 cm³/mol. The number of carbonyl (C=O) groups excluding carboxylic acids is 2. The minimum absolute atomic E-state index is 0.101. The predicted octanol–water partition coefficient (Wildman–Crippen LogP) is 5.96. The first-order valence-electron chi connectivity index (χ1n) is 10.4. The van der Waals surface area contributed by atoms with Gasteiger partial charge in [-0.1, -0.05) is 65.2 Å². The highest BCUT2D eigenvalue weighted by molar-refractivity contribution is 5.69. The van der Waals surface area contributed by atoms with Crippen LogP contribution in [0, 0.1) is 0 Å². The Balaban J connectivity index is 3.48. The average molecular weight is 357 g/mol. The smallest absolute Gasteiger partial charge is 0.306 e. The Hall–Kier alpha value is -1.06. The fourth-order valence-corrected chi connectivity index (χ4v) is 2.72.